The van der Waals surface area contributed by atoms with Gasteiger partial charge in [0.15, 0.2) is 0 Å². The van der Waals surface area contributed by atoms with Crippen LogP contribution in [0.2, 0.25) is 0 Å². The molecule has 0 atom stereocenters. The van der Waals surface area contributed by atoms with Crippen LogP contribution in [0.3, 0.4) is 0 Å². The lowest BCUT2D eigenvalue weighted by atomic mass is 10.0. The molecule has 3 aromatic rings. The summed E-state index contributed by atoms with van der Waals surface area (Å²) in [5.74, 6) is 0.979. The number of likely N-dealkylation sites (tertiary alicyclic amines) is 1. The third-order valence-corrected chi connectivity index (χ3v) is 6.20. The lowest BCUT2D eigenvalue weighted by Gasteiger charge is -2.16. The fourth-order valence-corrected chi connectivity index (χ4v) is 4.66. The number of nitrogens with one attached hydrogen (secondary N) is 1. The third-order valence-electron chi connectivity index (χ3n) is 6.20. The van der Waals surface area contributed by atoms with Crippen molar-refractivity contribution in [2.24, 2.45) is 0 Å². The van der Waals surface area contributed by atoms with Crippen molar-refractivity contribution >= 4 is 16.7 Å². The van der Waals surface area contributed by atoms with E-state index in [-0.39, 0.29) is 0 Å². The molecule has 0 radical (unpaired) electrons. The van der Waals surface area contributed by atoms with E-state index in [0.29, 0.717) is 6.04 Å². The molecule has 2 fully saturated rings. The van der Waals surface area contributed by atoms with Gasteiger partial charge in [-0.2, -0.15) is 0 Å². The van der Waals surface area contributed by atoms with Crippen molar-refractivity contribution in [3.8, 4) is 11.1 Å². The Morgan fingerprint density at radius 2 is 1.71 bits per heavy atom. The van der Waals surface area contributed by atoms with Crippen LogP contribution in [0, 0.1) is 0 Å². The summed E-state index contributed by atoms with van der Waals surface area (Å²) in [6.45, 7) is 3.51. The molecular formula is C24H28N4. The molecule has 1 aliphatic carbocycles. The SMILES string of the molecule is c1cc(CN2CCCC2)cc(-c2ccc3ncnc(NC4CCCC4)c3c2)c1. The van der Waals surface area contributed by atoms with E-state index in [9.17, 15) is 0 Å². The van der Waals surface area contributed by atoms with E-state index in [4.69, 9.17) is 0 Å². The van der Waals surface area contributed by atoms with Gasteiger partial charge in [0.1, 0.15) is 12.1 Å². The van der Waals surface area contributed by atoms with Crippen LogP contribution >= 0.6 is 0 Å². The Labute approximate surface area is 167 Å². The van der Waals surface area contributed by atoms with E-state index in [2.05, 4.69) is 62.6 Å². The van der Waals surface area contributed by atoms with Crippen LogP contribution in [0.25, 0.3) is 22.0 Å². The minimum absolute atomic E-state index is 0.547. The Morgan fingerprint density at radius 1 is 0.893 bits per heavy atom. The number of aromatic nitrogens is 2. The highest BCUT2D eigenvalue weighted by atomic mass is 15.1. The molecule has 0 spiro atoms. The number of anilines is 1. The molecule has 1 aromatic heterocycles. The summed E-state index contributed by atoms with van der Waals surface area (Å²) in [7, 11) is 0. The van der Waals surface area contributed by atoms with Crippen LogP contribution in [0.15, 0.2) is 48.8 Å². The van der Waals surface area contributed by atoms with Crippen molar-refractivity contribution in [3.63, 3.8) is 0 Å². The largest absolute Gasteiger partial charge is 0.367 e. The molecule has 1 N–H and O–H groups in total. The van der Waals surface area contributed by atoms with E-state index in [0.717, 1.165) is 23.3 Å². The fourth-order valence-electron chi connectivity index (χ4n) is 4.66. The maximum Gasteiger partial charge on any atom is 0.137 e. The number of benzene rings is 2. The molecule has 1 saturated heterocycles. The van der Waals surface area contributed by atoms with Crippen molar-refractivity contribution < 1.29 is 0 Å². The lowest BCUT2D eigenvalue weighted by molar-refractivity contribution is 0.331. The predicted octanol–water partition coefficient (Wildman–Crippen LogP) is 5.25. The van der Waals surface area contributed by atoms with Gasteiger partial charge in [0.25, 0.3) is 0 Å². The molecule has 5 rings (SSSR count). The summed E-state index contributed by atoms with van der Waals surface area (Å²) < 4.78 is 0. The zero-order chi connectivity index (χ0) is 18.8. The quantitative estimate of drug-likeness (QED) is 0.664. The first-order valence-corrected chi connectivity index (χ1v) is 10.7. The summed E-state index contributed by atoms with van der Waals surface area (Å²) in [6, 6.07) is 16.1. The summed E-state index contributed by atoms with van der Waals surface area (Å²) in [5, 5.41) is 4.79. The van der Waals surface area contributed by atoms with Gasteiger partial charge < -0.3 is 5.32 Å². The van der Waals surface area contributed by atoms with Gasteiger partial charge in [-0.05, 0) is 73.7 Å². The van der Waals surface area contributed by atoms with Crippen molar-refractivity contribution in [1.29, 1.82) is 0 Å². The van der Waals surface area contributed by atoms with Crippen molar-refractivity contribution in [3.05, 3.63) is 54.4 Å². The molecule has 1 aliphatic heterocycles. The standard InChI is InChI=1S/C24H28N4/c1-2-9-21(8-1)27-24-22-15-20(10-11-23(22)25-17-26-24)19-7-5-6-18(14-19)16-28-12-3-4-13-28/h5-7,10-11,14-15,17,21H,1-4,8-9,12-13,16H2,(H,25,26,27). The van der Waals surface area contributed by atoms with Gasteiger partial charge in [0, 0.05) is 18.0 Å². The van der Waals surface area contributed by atoms with Gasteiger partial charge in [-0.15, -0.1) is 0 Å². The van der Waals surface area contributed by atoms with Crippen molar-refractivity contribution in [2.45, 2.75) is 51.1 Å². The van der Waals surface area contributed by atoms with Gasteiger partial charge in [0.2, 0.25) is 0 Å². The Morgan fingerprint density at radius 3 is 2.57 bits per heavy atom. The van der Waals surface area contributed by atoms with Crippen LogP contribution in [0.5, 0.6) is 0 Å². The topological polar surface area (TPSA) is 41.1 Å². The van der Waals surface area contributed by atoms with Crippen LogP contribution in [-0.2, 0) is 6.54 Å². The first kappa shape index (κ1) is 17.6. The molecule has 4 nitrogen and oxygen atoms in total. The second-order valence-corrected chi connectivity index (χ2v) is 8.26. The van der Waals surface area contributed by atoms with E-state index in [1.807, 2.05) is 0 Å². The number of fused-ring (bicyclic) bond motifs is 1. The summed E-state index contributed by atoms with van der Waals surface area (Å²) in [4.78, 5) is 11.6. The first-order chi connectivity index (χ1) is 13.8. The maximum atomic E-state index is 4.56. The maximum absolute atomic E-state index is 4.56. The number of hydrogen-bond acceptors (Lipinski definition) is 4. The highest BCUT2D eigenvalue weighted by Crippen LogP contribution is 2.30. The van der Waals surface area contributed by atoms with Crippen molar-refractivity contribution in [2.75, 3.05) is 18.4 Å². The van der Waals surface area contributed by atoms with E-state index in [1.165, 1.54) is 68.3 Å². The third kappa shape index (κ3) is 3.74. The Hall–Kier alpha value is -2.46. The molecule has 0 unspecified atom stereocenters. The summed E-state index contributed by atoms with van der Waals surface area (Å²) >= 11 is 0. The van der Waals surface area contributed by atoms with Gasteiger partial charge in [-0.3, -0.25) is 4.90 Å². The van der Waals surface area contributed by atoms with Gasteiger partial charge in [-0.25, -0.2) is 9.97 Å². The van der Waals surface area contributed by atoms with Crippen molar-refractivity contribution in [1.82, 2.24) is 14.9 Å². The fraction of sp³-hybridized carbons (Fsp3) is 0.417. The molecule has 2 aliphatic rings. The van der Waals surface area contributed by atoms with Crippen LogP contribution in [0.4, 0.5) is 5.82 Å². The minimum Gasteiger partial charge on any atom is -0.367 e. The van der Waals surface area contributed by atoms with Gasteiger partial charge >= 0.3 is 0 Å². The molecule has 28 heavy (non-hydrogen) atoms. The predicted molar refractivity (Wildman–Crippen MR) is 115 cm³/mol. The van der Waals surface area contributed by atoms with Crippen LogP contribution in [-0.4, -0.2) is 34.0 Å². The molecule has 1 saturated carbocycles. The van der Waals surface area contributed by atoms with E-state index in [1.54, 1.807) is 6.33 Å². The average Bonchev–Trinajstić information content (AvgIpc) is 3.43. The zero-order valence-corrected chi connectivity index (χ0v) is 16.4. The molecule has 2 aromatic carbocycles. The Balaban J connectivity index is 1.45. The van der Waals surface area contributed by atoms with E-state index >= 15 is 0 Å². The number of hydrogen-bond donors (Lipinski definition) is 1. The average molecular weight is 373 g/mol. The molecular weight excluding hydrogens is 344 g/mol. The molecule has 4 heteroatoms. The zero-order valence-electron chi connectivity index (χ0n) is 16.4. The second kappa shape index (κ2) is 7.88. The monoisotopic (exact) mass is 372 g/mol. The van der Waals surface area contributed by atoms with E-state index < -0.39 is 0 Å². The van der Waals surface area contributed by atoms with Crippen LogP contribution in [0.1, 0.15) is 44.1 Å². The normalized spacial score (nSPS) is 18.1. The Bertz CT molecular complexity index is 956. The van der Waals surface area contributed by atoms with Crippen LogP contribution < -0.4 is 5.32 Å². The van der Waals surface area contributed by atoms with Gasteiger partial charge in [-0.1, -0.05) is 37.1 Å². The first-order valence-electron chi connectivity index (χ1n) is 10.7. The molecule has 2 heterocycles. The minimum atomic E-state index is 0.547. The smallest absolute Gasteiger partial charge is 0.137 e. The summed E-state index contributed by atoms with van der Waals surface area (Å²) in [6.07, 6.45) is 9.46. The number of rotatable bonds is 5. The van der Waals surface area contributed by atoms with Gasteiger partial charge in [0.05, 0.1) is 5.52 Å². The lowest BCUT2D eigenvalue weighted by Crippen LogP contribution is -2.18. The number of nitrogens with zero attached hydrogens (tertiary/aromatic N) is 3. The summed E-state index contributed by atoms with van der Waals surface area (Å²) in [5.41, 5.74) is 4.91. The highest BCUT2D eigenvalue weighted by Gasteiger charge is 2.17. The highest BCUT2D eigenvalue weighted by molar-refractivity contribution is 5.92. The molecule has 0 bridgehead atoms. The molecule has 144 valence electrons. The second-order valence-electron chi connectivity index (χ2n) is 8.26. The molecule has 0 amide bonds. The Kier molecular flexibility index (Phi) is 4.96.